The Morgan fingerprint density at radius 3 is 2.74 bits per heavy atom. The van der Waals surface area contributed by atoms with E-state index in [1.165, 1.54) is 4.40 Å². The third kappa shape index (κ3) is 3.63. The normalized spacial score (nSPS) is 11.9. The molecule has 0 aromatic carbocycles. The zero-order valence-electron chi connectivity index (χ0n) is 16.2. The topological polar surface area (TPSA) is 93.4 Å². The van der Waals surface area contributed by atoms with Gasteiger partial charge in [0.1, 0.15) is 10.9 Å². The van der Waals surface area contributed by atoms with Crippen LogP contribution in [0, 0.1) is 0 Å². The minimum Gasteiger partial charge on any atom is -0.347 e. The summed E-state index contributed by atoms with van der Waals surface area (Å²) < 4.78 is 3.26. The number of unbranched alkanes of at least 4 members (excludes halogenated alkanes) is 1. The Kier molecular flexibility index (Phi) is 4.87. The number of fused-ring (bicyclic) bond motifs is 2. The number of aromatic nitrogens is 3. The minimum absolute atomic E-state index is 0.217. The molecule has 7 heteroatoms. The Bertz CT molecular complexity index is 1080. The number of amides is 1. The van der Waals surface area contributed by atoms with E-state index in [0.717, 1.165) is 12.8 Å². The van der Waals surface area contributed by atoms with Gasteiger partial charge < -0.3 is 11.1 Å². The fourth-order valence-electron chi connectivity index (χ4n) is 3.03. The van der Waals surface area contributed by atoms with Crippen molar-refractivity contribution in [3.8, 4) is 0 Å². The number of pyridine rings is 2. The second-order valence-electron chi connectivity index (χ2n) is 7.74. The molecule has 0 atom stereocenters. The van der Waals surface area contributed by atoms with Crippen molar-refractivity contribution in [2.45, 2.75) is 52.6 Å². The first-order valence-corrected chi connectivity index (χ1v) is 9.19. The summed E-state index contributed by atoms with van der Waals surface area (Å²) in [6, 6.07) is 6.94. The van der Waals surface area contributed by atoms with Crippen LogP contribution in [0.3, 0.4) is 0 Å². The van der Waals surface area contributed by atoms with Crippen molar-refractivity contribution in [2.75, 3.05) is 5.73 Å². The van der Waals surface area contributed by atoms with Crippen molar-refractivity contribution in [3.05, 3.63) is 46.4 Å². The number of anilines is 1. The van der Waals surface area contributed by atoms with Crippen LogP contribution in [0.4, 0.5) is 5.82 Å². The molecule has 0 spiro atoms. The van der Waals surface area contributed by atoms with Gasteiger partial charge in [-0.15, -0.1) is 0 Å². The molecule has 0 saturated heterocycles. The third-order valence-corrected chi connectivity index (χ3v) is 4.33. The molecular formula is C20H26N5O2+. The van der Waals surface area contributed by atoms with E-state index in [2.05, 4.69) is 17.2 Å². The molecule has 3 heterocycles. The van der Waals surface area contributed by atoms with Crippen molar-refractivity contribution in [3.63, 3.8) is 0 Å². The number of aryl methyl sites for hydroxylation is 1. The standard InChI is InChI=1S/C20H25N5O2/c1-5-6-10-25-16(21)13(18(26)23-20(2,3)4)12-14-17(25)22-15-9-7-8-11-24(15)19(14)27/h7-9,11-12,21H,5-6,10H2,1-4H3,(H,23,26)/p+1. The van der Waals surface area contributed by atoms with Gasteiger partial charge in [0.2, 0.25) is 11.5 Å². The molecule has 3 N–H and O–H groups in total. The number of nitrogens with one attached hydrogen (secondary N) is 1. The molecule has 0 bridgehead atoms. The van der Waals surface area contributed by atoms with E-state index in [-0.39, 0.29) is 11.5 Å². The molecule has 0 aliphatic carbocycles. The summed E-state index contributed by atoms with van der Waals surface area (Å²) in [5, 5.41) is 3.30. The predicted octanol–water partition coefficient (Wildman–Crippen LogP) is 2.05. The highest BCUT2D eigenvalue weighted by atomic mass is 16.2. The summed E-state index contributed by atoms with van der Waals surface area (Å²) in [4.78, 5) is 30.5. The van der Waals surface area contributed by atoms with Crippen LogP contribution in [0.1, 0.15) is 50.9 Å². The first kappa shape index (κ1) is 18.8. The van der Waals surface area contributed by atoms with Crippen LogP contribution in [-0.4, -0.2) is 20.8 Å². The van der Waals surface area contributed by atoms with Gasteiger partial charge in [-0.2, -0.15) is 0 Å². The second-order valence-corrected chi connectivity index (χ2v) is 7.74. The van der Waals surface area contributed by atoms with E-state index in [0.29, 0.717) is 34.6 Å². The predicted molar refractivity (Wildman–Crippen MR) is 106 cm³/mol. The van der Waals surface area contributed by atoms with Gasteiger partial charge in [0.15, 0.2) is 0 Å². The fraction of sp³-hybridized carbons (Fsp3) is 0.400. The Morgan fingerprint density at radius 2 is 2.07 bits per heavy atom. The molecule has 0 aliphatic rings. The van der Waals surface area contributed by atoms with Gasteiger partial charge in [0, 0.05) is 11.7 Å². The summed E-state index contributed by atoms with van der Waals surface area (Å²) >= 11 is 0. The molecule has 3 aromatic rings. The maximum Gasteiger partial charge on any atom is 0.278 e. The number of carbonyl (C=O) groups excluding carboxylic acids is 1. The Morgan fingerprint density at radius 1 is 1.33 bits per heavy atom. The zero-order chi connectivity index (χ0) is 19.8. The van der Waals surface area contributed by atoms with E-state index in [4.69, 9.17) is 5.73 Å². The maximum absolute atomic E-state index is 13.0. The van der Waals surface area contributed by atoms with Crippen LogP contribution in [0.15, 0.2) is 35.3 Å². The van der Waals surface area contributed by atoms with Gasteiger partial charge in [0.05, 0.1) is 6.54 Å². The van der Waals surface area contributed by atoms with Crippen molar-refractivity contribution in [1.29, 1.82) is 0 Å². The van der Waals surface area contributed by atoms with E-state index in [1.54, 1.807) is 29.0 Å². The summed E-state index contributed by atoms with van der Waals surface area (Å²) in [6.07, 6.45) is 3.49. The lowest BCUT2D eigenvalue weighted by molar-refractivity contribution is -0.659. The molecule has 7 nitrogen and oxygen atoms in total. The zero-order valence-corrected chi connectivity index (χ0v) is 16.2. The second kappa shape index (κ2) is 6.98. The first-order valence-electron chi connectivity index (χ1n) is 9.19. The molecule has 3 rings (SSSR count). The van der Waals surface area contributed by atoms with Gasteiger partial charge >= 0.3 is 0 Å². The minimum atomic E-state index is -0.413. The molecule has 1 amide bonds. The highest BCUT2D eigenvalue weighted by molar-refractivity contribution is 6.00. The van der Waals surface area contributed by atoms with Gasteiger partial charge in [-0.3, -0.25) is 14.0 Å². The van der Waals surface area contributed by atoms with E-state index >= 15 is 0 Å². The van der Waals surface area contributed by atoms with Crippen LogP contribution < -0.4 is 21.2 Å². The maximum atomic E-state index is 13.0. The number of nitrogen functional groups attached to an aromatic ring is 1. The average Bonchev–Trinajstić information content (AvgIpc) is 2.59. The van der Waals surface area contributed by atoms with Crippen LogP contribution in [0.25, 0.3) is 16.7 Å². The molecule has 0 radical (unpaired) electrons. The van der Waals surface area contributed by atoms with Gasteiger partial charge in [-0.25, -0.2) is 4.57 Å². The average molecular weight is 368 g/mol. The molecule has 0 fully saturated rings. The van der Waals surface area contributed by atoms with Crippen LogP contribution in [0.2, 0.25) is 0 Å². The lowest BCUT2D eigenvalue weighted by atomic mass is 10.1. The smallest absolute Gasteiger partial charge is 0.278 e. The quantitative estimate of drug-likeness (QED) is 0.544. The summed E-state index contributed by atoms with van der Waals surface area (Å²) in [5.41, 5.74) is 7.07. The van der Waals surface area contributed by atoms with E-state index in [1.807, 2.05) is 26.8 Å². The molecule has 0 saturated carbocycles. The first-order chi connectivity index (χ1) is 12.7. The number of hydrogen-bond acceptors (Lipinski definition) is 4. The van der Waals surface area contributed by atoms with Gasteiger partial charge in [-0.1, -0.05) is 24.4 Å². The lowest BCUT2D eigenvalue weighted by Gasteiger charge is -2.21. The van der Waals surface area contributed by atoms with Crippen LogP contribution >= 0.6 is 0 Å². The highest BCUT2D eigenvalue weighted by Crippen LogP contribution is 2.16. The van der Waals surface area contributed by atoms with Crippen molar-refractivity contribution >= 4 is 28.4 Å². The SMILES string of the molecule is CCCC[n+]1c(N)c(C(=O)NC(C)(C)C)cc2c(=O)n3ccccc3nc21. The van der Waals surface area contributed by atoms with Crippen LogP contribution in [-0.2, 0) is 6.54 Å². The Hall–Kier alpha value is -2.96. The molecule has 0 unspecified atom stereocenters. The van der Waals surface area contributed by atoms with Crippen molar-refractivity contribution < 1.29 is 9.36 Å². The Balaban J connectivity index is 2.33. The van der Waals surface area contributed by atoms with Crippen molar-refractivity contribution in [2.24, 2.45) is 0 Å². The lowest BCUT2D eigenvalue weighted by Crippen LogP contribution is -2.45. The summed E-state index contributed by atoms with van der Waals surface area (Å²) in [5.74, 6) is 0.0228. The number of hydrogen-bond donors (Lipinski definition) is 2. The number of nitrogens with two attached hydrogens (primary N) is 1. The van der Waals surface area contributed by atoms with Gasteiger partial charge in [0.25, 0.3) is 17.1 Å². The Labute approximate surface area is 157 Å². The van der Waals surface area contributed by atoms with Crippen molar-refractivity contribution in [1.82, 2.24) is 14.7 Å². The van der Waals surface area contributed by atoms with Crippen LogP contribution in [0.5, 0.6) is 0 Å². The number of carbonyl (C=O) groups is 1. The van der Waals surface area contributed by atoms with Gasteiger partial charge in [-0.05, 0) is 45.4 Å². The van der Waals surface area contributed by atoms with E-state index in [9.17, 15) is 9.59 Å². The summed E-state index contributed by atoms with van der Waals surface area (Å²) in [7, 11) is 0. The number of nitrogens with zero attached hydrogens (tertiary/aromatic N) is 3. The van der Waals surface area contributed by atoms with E-state index < -0.39 is 5.54 Å². The molecular weight excluding hydrogens is 342 g/mol. The largest absolute Gasteiger partial charge is 0.347 e. The highest BCUT2D eigenvalue weighted by Gasteiger charge is 2.26. The molecule has 142 valence electrons. The fourth-order valence-corrected chi connectivity index (χ4v) is 3.03. The summed E-state index contributed by atoms with van der Waals surface area (Å²) in [6.45, 7) is 8.36. The monoisotopic (exact) mass is 368 g/mol. The molecule has 3 aromatic heterocycles. The molecule has 27 heavy (non-hydrogen) atoms. The third-order valence-electron chi connectivity index (χ3n) is 4.33. The number of rotatable bonds is 4. The molecule has 0 aliphatic heterocycles.